The van der Waals surface area contributed by atoms with E-state index in [9.17, 15) is 0 Å². The molecule has 0 saturated heterocycles. The van der Waals surface area contributed by atoms with Crippen LogP contribution in [0.5, 0.6) is 0 Å². The van der Waals surface area contributed by atoms with Crippen molar-refractivity contribution in [2.75, 3.05) is 23.7 Å². The van der Waals surface area contributed by atoms with Crippen molar-refractivity contribution >= 4 is 11.5 Å². The maximum atomic E-state index is 4.32. The Balaban J connectivity index is 2.56. The first-order valence-electron chi connectivity index (χ1n) is 7.48. The summed E-state index contributed by atoms with van der Waals surface area (Å²) in [5.74, 6) is 3.05. The van der Waals surface area contributed by atoms with Crippen LogP contribution in [0.4, 0.5) is 11.5 Å². The van der Waals surface area contributed by atoms with E-state index in [0.29, 0.717) is 17.8 Å². The lowest BCUT2D eigenvalue weighted by Gasteiger charge is -2.25. The van der Waals surface area contributed by atoms with Gasteiger partial charge in [0.15, 0.2) is 0 Å². The van der Waals surface area contributed by atoms with Crippen molar-refractivity contribution in [3.8, 4) is 0 Å². The van der Waals surface area contributed by atoms with Crippen molar-refractivity contribution in [3.05, 3.63) is 18.3 Å². The molecule has 1 aromatic heterocycles. The molecule has 3 nitrogen and oxygen atoms in total. The summed E-state index contributed by atoms with van der Waals surface area (Å²) in [5.41, 5.74) is 1.15. The molecular weight excluding hydrogens is 234 g/mol. The molecular formula is C16H29N3. The van der Waals surface area contributed by atoms with Gasteiger partial charge >= 0.3 is 0 Å². The predicted molar refractivity (Wildman–Crippen MR) is 84.7 cm³/mol. The van der Waals surface area contributed by atoms with Crippen molar-refractivity contribution in [2.45, 2.75) is 41.0 Å². The van der Waals surface area contributed by atoms with Crippen LogP contribution in [0.15, 0.2) is 18.3 Å². The van der Waals surface area contributed by atoms with Gasteiger partial charge in [-0.2, -0.15) is 0 Å². The molecule has 0 spiro atoms. The zero-order chi connectivity index (χ0) is 14.3. The van der Waals surface area contributed by atoms with E-state index >= 15 is 0 Å². The Kier molecular flexibility index (Phi) is 6.68. The summed E-state index contributed by atoms with van der Waals surface area (Å²) in [7, 11) is 0. The van der Waals surface area contributed by atoms with Crippen LogP contribution in [-0.2, 0) is 0 Å². The van der Waals surface area contributed by atoms with Gasteiger partial charge in [-0.1, -0.05) is 34.6 Å². The van der Waals surface area contributed by atoms with Crippen LogP contribution in [-0.4, -0.2) is 18.1 Å². The second-order valence-corrected chi connectivity index (χ2v) is 5.89. The average Bonchev–Trinajstić information content (AvgIpc) is 2.36. The molecule has 0 fully saturated rings. The lowest BCUT2D eigenvalue weighted by molar-refractivity contribution is 0.304. The monoisotopic (exact) mass is 263 g/mol. The van der Waals surface area contributed by atoms with Crippen LogP contribution in [0.3, 0.4) is 0 Å². The standard InChI is InChI=1S/C16H29N3/c1-6-8-17-16-10-14(7-9-18-16)19-11-15(12(2)3)13(4)5/h7,9-10,12-13,15H,6,8,11H2,1-5H3,(H2,17,18,19). The molecule has 2 N–H and O–H groups in total. The maximum Gasteiger partial charge on any atom is 0.127 e. The van der Waals surface area contributed by atoms with Gasteiger partial charge in [0.05, 0.1) is 0 Å². The lowest BCUT2D eigenvalue weighted by Crippen LogP contribution is -2.24. The van der Waals surface area contributed by atoms with Gasteiger partial charge < -0.3 is 10.6 Å². The highest BCUT2D eigenvalue weighted by Gasteiger charge is 2.16. The molecule has 1 heterocycles. The first-order chi connectivity index (χ1) is 9.04. The summed E-state index contributed by atoms with van der Waals surface area (Å²) < 4.78 is 0. The van der Waals surface area contributed by atoms with Gasteiger partial charge in [0.2, 0.25) is 0 Å². The molecule has 0 aliphatic rings. The summed E-state index contributed by atoms with van der Waals surface area (Å²) in [6.45, 7) is 13.3. The highest BCUT2D eigenvalue weighted by Crippen LogP contribution is 2.21. The zero-order valence-electron chi connectivity index (χ0n) is 13.0. The minimum atomic E-state index is 0.695. The molecule has 1 rings (SSSR count). The molecule has 19 heavy (non-hydrogen) atoms. The number of hydrogen-bond donors (Lipinski definition) is 2. The Morgan fingerprint density at radius 2 is 1.79 bits per heavy atom. The van der Waals surface area contributed by atoms with Crippen molar-refractivity contribution in [1.29, 1.82) is 0 Å². The van der Waals surface area contributed by atoms with Crippen molar-refractivity contribution < 1.29 is 0 Å². The molecule has 0 aliphatic carbocycles. The minimum Gasteiger partial charge on any atom is -0.385 e. The van der Waals surface area contributed by atoms with E-state index in [2.05, 4.69) is 56.3 Å². The summed E-state index contributed by atoms with van der Waals surface area (Å²) in [6, 6.07) is 4.13. The topological polar surface area (TPSA) is 37.0 Å². The average molecular weight is 263 g/mol. The van der Waals surface area contributed by atoms with Gasteiger partial charge in [-0.05, 0) is 30.2 Å². The second kappa shape index (κ2) is 8.03. The van der Waals surface area contributed by atoms with E-state index in [-0.39, 0.29) is 0 Å². The zero-order valence-corrected chi connectivity index (χ0v) is 13.0. The number of nitrogens with zero attached hydrogens (tertiary/aromatic N) is 1. The fourth-order valence-electron chi connectivity index (χ4n) is 2.37. The summed E-state index contributed by atoms with van der Waals surface area (Å²) >= 11 is 0. The first-order valence-corrected chi connectivity index (χ1v) is 7.48. The van der Waals surface area contributed by atoms with Crippen LogP contribution in [0, 0.1) is 17.8 Å². The van der Waals surface area contributed by atoms with E-state index in [1.807, 2.05) is 12.3 Å². The summed E-state index contributed by atoms with van der Waals surface area (Å²) in [5, 5.41) is 6.86. The number of rotatable bonds is 8. The summed E-state index contributed by atoms with van der Waals surface area (Å²) in [6.07, 6.45) is 2.97. The minimum absolute atomic E-state index is 0.695. The number of anilines is 2. The van der Waals surface area contributed by atoms with Gasteiger partial charge in [0.25, 0.3) is 0 Å². The molecule has 0 atom stereocenters. The molecule has 0 bridgehead atoms. The van der Waals surface area contributed by atoms with E-state index in [1.54, 1.807) is 0 Å². The number of aromatic nitrogens is 1. The highest BCUT2D eigenvalue weighted by atomic mass is 15.0. The molecule has 108 valence electrons. The quantitative estimate of drug-likeness (QED) is 0.736. The van der Waals surface area contributed by atoms with E-state index in [4.69, 9.17) is 0 Å². The predicted octanol–water partition coefficient (Wildman–Crippen LogP) is 4.24. The number of nitrogens with one attached hydrogen (secondary N) is 2. The van der Waals surface area contributed by atoms with Crippen molar-refractivity contribution in [1.82, 2.24) is 4.98 Å². The fourth-order valence-corrected chi connectivity index (χ4v) is 2.37. The highest BCUT2D eigenvalue weighted by molar-refractivity contribution is 5.51. The third-order valence-electron chi connectivity index (χ3n) is 3.57. The third-order valence-corrected chi connectivity index (χ3v) is 3.57. The Morgan fingerprint density at radius 1 is 1.11 bits per heavy atom. The van der Waals surface area contributed by atoms with E-state index in [0.717, 1.165) is 31.0 Å². The molecule has 0 aliphatic heterocycles. The summed E-state index contributed by atoms with van der Waals surface area (Å²) in [4.78, 5) is 4.32. The van der Waals surface area contributed by atoms with Gasteiger partial charge in [0.1, 0.15) is 5.82 Å². The molecule has 0 radical (unpaired) electrons. The van der Waals surface area contributed by atoms with Crippen LogP contribution in [0.25, 0.3) is 0 Å². The molecule has 0 amide bonds. The van der Waals surface area contributed by atoms with Crippen molar-refractivity contribution in [3.63, 3.8) is 0 Å². The number of pyridine rings is 1. The Labute approximate surface area is 118 Å². The van der Waals surface area contributed by atoms with E-state index < -0.39 is 0 Å². The van der Waals surface area contributed by atoms with Gasteiger partial charge in [0, 0.05) is 31.0 Å². The maximum absolute atomic E-state index is 4.32. The smallest absolute Gasteiger partial charge is 0.127 e. The third kappa shape index (κ3) is 5.50. The van der Waals surface area contributed by atoms with Crippen LogP contribution in [0.2, 0.25) is 0 Å². The Bertz CT molecular complexity index is 353. The van der Waals surface area contributed by atoms with Crippen LogP contribution >= 0.6 is 0 Å². The second-order valence-electron chi connectivity index (χ2n) is 5.89. The number of hydrogen-bond acceptors (Lipinski definition) is 3. The van der Waals surface area contributed by atoms with E-state index in [1.165, 1.54) is 0 Å². The Morgan fingerprint density at radius 3 is 2.37 bits per heavy atom. The largest absolute Gasteiger partial charge is 0.385 e. The van der Waals surface area contributed by atoms with Gasteiger partial charge in [-0.15, -0.1) is 0 Å². The SMILES string of the molecule is CCCNc1cc(NCC(C(C)C)C(C)C)ccn1. The first kappa shape index (κ1) is 15.8. The van der Waals surface area contributed by atoms with Crippen molar-refractivity contribution in [2.24, 2.45) is 17.8 Å². The van der Waals surface area contributed by atoms with Gasteiger partial charge in [-0.25, -0.2) is 4.98 Å². The molecule has 3 heteroatoms. The van der Waals surface area contributed by atoms with Crippen LogP contribution < -0.4 is 10.6 Å². The van der Waals surface area contributed by atoms with Gasteiger partial charge in [-0.3, -0.25) is 0 Å². The fraction of sp³-hybridized carbons (Fsp3) is 0.688. The Hall–Kier alpha value is -1.25. The molecule has 0 saturated carbocycles. The van der Waals surface area contributed by atoms with Crippen LogP contribution in [0.1, 0.15) is 41.0 Å². The molecule has 1 aromatic rings. The molecule has 0 unspecified atom stereocenters. The normalized spacial score (nSPS) is 11.4. The molecule has 0 aromatic carbocycles. The lowest BCUT2D eigenvalue weighted by atomic mass is 9.85.